The number of alkyl carbamates (subject to hydrolysis) is 1. The lowest BCUT2D eigenvalue weighted by Crippen LogP contribution is -2.51. The summed E-state index contributed by atoms with van der Waals surface area (Å²) in [4.78, 5) is 36.3. The fraction of sp³-hybridized carbons (Fsp3) is 0.438. The van der Waals surface area contributed by atoms with Gasteiger partial charge in [0.15, 0.2) is 6.04 Å². The molecule has 8 heteroatoms. The second-order valence-corrected chi connectivity index (χ2v) is 5.99. The second-order valence-electron chi connectivity index (χ2n) is 5.99. The van der Waals surface area contributed by atoms with Gasteiger partial charge in [-0.05, 0) is 32.9 Å². The molecule has 1 atom stereocenters. The summed E-state index contributed by atoms with van der Waals surface area (Å²) >= 11 is 0. The molecule has 3 N–H and O–H groups in total. The minimum atomic E-state index is -1.46. The number of carboxylic acid groups (broad SMARTS) is 1. The van der Waals surface area contributed by atoms with Crippen molar-refractivity contribution in [2.75, 3.05) is 18.1 Å². The summed E-state index contributed by atoms with van der Waals surface area (Å²) in [5.41, 5.74) is -0.420. The minimum absolute atomic E-state index is 0.301. The molecule has 0 saturated heterocycles. The standard InChI is InChI=1S/C16H22N2O6/c1-16(2,3)24-15(23)17-9-13(20)18(12(10-19)14(21)22)11-7-5-4-6-8-11/h4-8,12,19H,9-10H2,1-3H3,(H,17,23)(H,21,22)/t12-/m0/s1. The maximum Gasteiger partial charge on any atom is 0.408 e. The van der Waals surface area contributed by atoms with E-state index in [4.69, 9.17) is 4.74 Å². The predicted octanol–water partition coefficient (Wildman–Crippen LogP) is 0.990. The first-order chi connectivity index (χ1) is 11.2. The molecule has 0 saturated carbocycles. The van der Waals surface area contributed by atoms with Gasteiger partial charge in [0, 0.05) is 5.69 Å². The Morgan fingerprint density at radius 1 is 1.21 bits per heavy atom. The fourth-order valence-electron chi connectivity index (χ4n) is 1.90. The van der Waals surface area contributed by atoms with Crippen molar-refractivity contribution in [2.24, 2.45) is 0 Å². The number of carbonyl (C=O) groups excluding carboxylic acids is 2. The van der Waals surface area contributed by atoms with Crippen molar-refractivity contribution in [1.82, 2.24) is 5.32 Å². The molecule has 0 radical (unpaired) electrons. The highest BCUT2D eigenvalue weighted by Crippen LogP contribution is 2.17. The average Bonchev–Trinajstić information content (AvgIpc) is 2.49. The van der Waals surface area contributed by atoms with Crippen LogP contribution in [0.3, 0.4) is 0 Å². The van der Waals surface area contributed by atoms with Gasteiger partial charge >= 0.3 is 12.1 Å². The molecular formula is C16H22N2O6. The highest BCUT2D eigenvalue weighted by atomic mass is 16.6. The maximum absolute atomic E-state index is 12.4. The van der Waals surface area contributed by atoms with Crippen LogP contribution in [0.15, 0.2) is 30.3 Å². The number of aliphatic carboxylic acids is 1. The van der Waals surface area contributed by atoms with Crippen LogP contribution in [0, 0.1) is 0 Å². The maximum atomic E-state index is 12.4. The zero-order valence-electron chi connectivity index (χ0n) is 13.9. The van der Waals surface area contributed by atoms with Crippen molar-refractivity contribution in [3.05, 3.63) is 30.3 Å². The number of para-hydroxylation sites is 1. The predicted molar refractivity (Wildman–Crippen MR) is 86.7 cm³/mol. The van der Waals surface area contributed by atoms with Crippen LogP contribution in [0.4, 0.5) is 10.5 Å². The lowest BCUT2D eigenvalue weighted by molar-refractivity contribution is -0.141. The largest absolute Gasteiger partial charge is 0.480 e. The average molecular weight is 338 g/mol. The van der Waals surface area contributed by atoms with Gasteiger partial charge in [-0.15, -0.1) is 0 Å². The first-order valence-corrected chi connectivity index (χ1v) is 7.33. The van der Waals surface area contributed by atoms with Crippen LogP contribution in [-0.2, 0) is 14.3 Å². The molecule has 132 valence electrons. The van der Waals surface area contributed by atoms with Gasteiger partial charge in [-0.25, -0.2) is 9.59 Å². The van der Waals surface area contributed by atoms with Crippen molar-refractivity contribution < 1.29 is 29.3 Å². The fourth-order valence-corrected chi connectivity index (χ4v) is 1.90. The van der Waals surface area contributed by atoms with Crippen LogP contribution in [0.5, 0.6) is 0 Å². The molecule has 1 aromatic rings. The molecule has 0 aliphatic rings. The van der Waals surface area contributed by atoms with Crippen molar-refractivity contribution in [2.45, 2.75) is 32.4 Å². The third-order valence-electron chi connectivity index (χ3n) is 2.86. The minimum Gasteiger partial charge on any atom is -0.480 e. The quantitative estimate of drug-likeness (QED) is 0.712. The number of ether oxygens (including phenoxy) is 1. The Hall–Kier alpha value is -2.61. The summed E-state index contributed by atoms with van der Waals surface area (Å²) in [7, 11) is 0. The topological polar surface area (TPSA) is 116 Å². The van der Waals surface area contributed by atoms with E-state index in [9.17, 15) is 24.6 Å². The molecule has 0 aromatic heterocycles. The van der Waals surface area contributed by atoms with Crippen molar-refractivity contribution in [3.63, 3.8) is 0 Å². The number of carbonyl (C=O) groups is 3. The Balaban J connectivity index is 2.89. The van der Waals surface area contributed by atoms with Crippen LogP contribution in [0.1, 0.15) is 20.8 Å². The van der Waals surface area contributed by atoms with E-state index in [1.54, 1.807) is 39.0 Å². The van der Waals surface area contributed by atoms with Crippen LogP contribution >= 0.6 is 0 Å². The van der Waals surface area contributed by atoms with E-state index >= 15 is 0 Å². The summed E-state index contributed by atoms with van der Waals surface area (Å²) < 4.78 is 5.02. The third kappa shape index (κ3) is 5.88. The molecular weight excluding hydrogens is 316 g/mol. The van der Waals surface area contributed by atoms with E-state index in [2.05, 4.69) is 5.32 Å². The van der Waals surface area contributed by atoms with Gasteiger partial charge in [0.1, 0.15) is 12.1 Å². The summed E-state index contributed by atoms with van der Waals surface area (Å²) in [5, 5.41) is 20.8. The lowest BCUT2D eigenvalue weighted by atomic mass is 10.2. The SMILES string of the molecule is CC(C)(C)OC(=O)NCC(=O)N(c1ccccc1)[C@@H](CO)C(=O)O. The second kappa shape index (κ2) is 8.30. The molecule has 1 aromatic carbocycles. The number of benzene rings is 1. The molecule has 1 rings (SSSR count). The molecule has 0 heterocycles. The van der Waals surface area contributed by atoms with Gasteiger partial charge < -0.3 is 20.3 Å². The Labute approximate surface area is 140 Å². The first-order valence-electron chi connectivity index (χ1n) is 7.33. The number of hydrogen-bond acceptors (Lipinski definition) is 5. The Bertz CT molecular complexity index is 582. The molecule has 0 aliphatic heterocycles. The van der Waals surface area contributed by atoms with Gasteiger partial charge in [-0.3, -0.25) is 9.69 Å². The third-order valence-corrected chi connectivity index (χ3v) is 2.86. The lowest BCUT2D eigenvalue weighted by Gasteiger charge is -2.28. The Morgan fingerprint density at radius 3 is 2.25 bits per heavy atom. The normalized spacial score (nSPS) is 12.2. The molecule has 0 unspecified atom stereocenters. The highest BCUT2D eigenvalue weighted by Gasteiger charge is 2.30. The number of carboxylic acids is 1. The van der Waals surface area contributed by atoms with Crippen LogP contribution in [0.25, 0.3) is 0 Å². The number of aliphatic hydroxyl groups is 1. The van der Waals surface area contributed by atoms with Gasteiger partial charge in [-0.1, -0.05) is 18.2 Å². The molecule has 24 heavy (non-hydrogen) atoms. The Kier molecular flexibility index (Phi) is 6.72. The van der Waals surface area contributed by atoms with Crippen LogP contribution in [0.2, 0.25) is 0 Å². The molecule has 8 nitrogen and oxygen atoms in total. The Morgan fingerprint density at radius 2 is 1.79 bits per heavy atom. The number of anilines is 1. The van der Waals surface area contributed by atoms with Crippen LogP contribution in [-0.4, -0.2) is 53.0 Å². The summed E-state index contributed by atoms with van der Waals surface area (Å²) in [5.74, 6) is -2.04. The molecule has 0 spiro atoms. The summed E-state index contributed by atoms with van der Waals surface area (Å²) in [6.45, 7) is 3.81. The first kappa shape index (κ1) is 19.4. The summed E-state index contributed by atoms with van der Waals surface area (Å²) in [6, 6.07) is 6.59. The van der Waals surface area contributed by atoms with E-state index in [-0.39, 0.29) is 0 Å². The molecule has 0 aliphatic carbocycles. The number of aliphatic hydroxyl groups excluding tert-OH is 1. The molecule has 0 fully saturated rings. The molecule has 2 amide bonds. The molecule has 0 bridgehead atoms. The van der Waals surface area contributed by atoms with Crippen molar-refractivity contribution in [3.8, 4) is 0 Å². The van der Waals surface area contributed by atoms with E-state index in [0.29, 0.717) is 5.69 Å². The number of hydrogen-bond donors (Lipinski definition) is 3. The monoisotopic (exact) mass is 338 g/mol. The summed E-state index contributed by atoms with van der Waals surface area (Å²) in [6.07, 6.45) is -0.792. The number of amides is 2. The van der Waals surface area contributed by atoms with Crippen molar-refractivity contribution >= 4 is 23.7 Å². The van der Waals surface area contributed by atoms with Gasteiger partial charge in [0.2, 0.25) is 5.91 Å². The van der Waals surface area contributed by atoms with E-state index in [0.717, 1.165) is 4.90 Å². The number of rotatable bonds is 6. The smallest absolute Gasteiger partial charge is 0.408 e. The van der Waals surface area contributed by atoms with Crippen molar-refractivity contribution in [1.29, 1.82) is 0 Å². The highest BCUT2D eigenvalue weighted by molar-refractivity contribution is 6.01. The van der Waals surface area contributed by atoms with Gasteiger partial charge in [0.25, 0.3) is 0 Å². The van der Waals surface area contributed by atoms with E-state index in [1.165, 1.54) is 12.1 Å². The number of nitrogens with zero attached hydrogens (tertiary/aromatic N) is 1. The zero-order chi connectivity index (χ0) is 18.3. The zero-order valence-corrected chi connectivity index (χ0v) is 13.9. The van der Waals surface area contributed by atoms with E-state index < -0.39 is 42.8 Å². The number of nitrogens with one attached hydrogen (secondary N) is 1. The van der Waals surface area contributed by atoms with Gasteiger partial charge in [-0.2, -0.15) is 0 Å². The van der Waals surface area contributed by atoms with Crippen LogP contribution < -0.4 is 10.2 Å². The van der Waals surface area contributed by atoms with Gasteiger partial charge in [0.05, 0.1) is 6.61 Å². The van der Waals surface area contributed by atoms with E-state index in [1.807, 2.05) is 0 Å².